The molecule has 1 N–H and O–H groups in total. The third-order valence-electron chi connectivity index (χ3n) is 5.48. The number of hydrogen-bond donors (Lipinski definition) is 1. The highest BCUT2D eigenvalue weighted by Gasteiger charge is 2.27. The molecule has 1 fully saturated rings. The molecule has 0 unspecified atom stereocenters. The lowest BCUT2D eigenvalue weighted by atomic mass is 9.96. The summed E-state index contributed by atoms with van der Waals surface area (Å²) in [5.74, 6) is 0.884. The van der Waals surface area contributed by atoms with Crippen LogP contribution < -0.4 is 10.2 Å². The molecule has 3 aromatic rings. The second-order valence-corrected chi connectivity index (χ2v) is 7.77. The van der Waals surface area contributed by atoms with Crippen molar-refractivity contribution < 1.29 is 4.79 Å². The Morgan fingerprint density at radius 1 is 1.11 bits per heavy atom. The summed E-state index contributed by atoms with van der Waals surface area (Å²) in [6, 6.07) is 12.1. The van der Waals surface area contributed by atoms with E-state index in [0.717, 1.165) is 53.1 Å². The Morgan fingerprint density at radius 2 is 1.82 bits per heavy atom. The lowest BCUT2D eigenvalue weighted by Gasteiger charge is -2.33. The number of para-hydroxylation sites is 2. The Labute approximate surface area is 165 Å². The van der Waals surface area contributed by atoms with Crippen molar-refractivity contribution in [2.75, 3.05) is 23.3 Å². The Balaban J connectivity index is 1.51. The molecule has 0 spiro atoms. The van der Waals surface area contributed by atoms with Crippen LogP contribution in [0, 0.1) is 26.7 Å². The minimum Gasteiger partial charge on any atom is -0.355 e. The first-order valence-corrected chi connectivity index (χ1v) is 9.87. The molecule has 4 rings (SSSR count). The number of nitrogens with one attached hydrogen (secondary N) is 1. The SMILES string of the molecule is Cc1cc(C)c(NC(=O)[C@H]2CCCN(c3cnc4ccccc4n3)C2)c(C)c1. The Hall–Kier alpha value is -2.95. The van der Waals surface area contributed by atoms with E-state index in [9.17, 15) is 4.79 Å². The quantitative estimate of drug-likeness (QED) is 0.738. The van der Waals surface area contributed by atoms with Crippen molar-refractivity contribution in [1.29, 1.82) is 0 Å². The largest absolute Gasteiger partial charge is 0.355 e. The molecule has 1 aliphatic heterocycles. The van der Waals surface area contributed by atoms with Gasteiger partial charge in [-0.05, 0) is 56.9 Å². The van der Waals surface area contributed by atoms with E-state index in [1.807, 2.05) is 44.3 Å². The van der Waals surface area contributed by atoms with Crippen molar-refractivity contribution >= 4 is 28.4 Å². The molecule has 0 saturated carbocycles. The van der Waals surface area contributed by atoms with Crippen LogP contribution in [0.15, 0.2) is 42.6 Å². The van der Waals surface area contributed by atoms with E-state index in [4.69, 9.17) is 4.98 Å². The standard InChI is InChI=1S/C23H26N4O/c1-15-11-16(2)22(17(3)12-15)26-23(28)18-7-6-10-27(14-18)21-13-24-19-8-4-5-9-20(19)25-21/h4-5,8-9,11-13,18H,6-7,10,14H2,1-3H3,(H,26,28)/t18-/m0/s1. The van der Waals surface area contributed by atoms with Gasteiger partial charge in [0.1, 0.15) is 5.82 Å². The van der Waals surface area contributed by atoms with Crippen molar-refractivity contribution in [1.82, 2.24) is 9.97 Å². The Kier molecular flexibility index (Phi) is 4.99. The van der Waals surface area contributed by atoms with Crippen LogP contribution in [-0.2, 0) is 4.79 Å². The lowest BCUT2D eigenvalue weighted by molar-refractivity contribution is -0.120. The van der Waals surface area contributed by atoms with Crippen LogP contribution in [0.3, 0.4) is 0 Å². The molecular weight excluding hydrogens is 348 g/mol. The predicted octanol–water partition coefficient (Wildman–Crippen LogP) is 4.41. The molecule has 5 nitrogen and oxygen atoms in total. The number of piperidine rings is 1. The zero-order valence-corrected chi connectivity index (χ0v) is 16.7. The van der Waals surface area contributed by atoms with Crippen LogP contribution >= 0.6 is 0 Å². The molecule has 1 atom stereocenters. The number of carbonyl (C=O) groups excluding carboxylic acids is 1. The highest BCUT2D eigenvalue weighted by molar-refractivity contribution is 5.94. The maximum absolute atomic E-state index is 13.0. The summed E-state index contributed by atoms with van der Waals surface area (Å²) in [6.45, 7) is 7.75. The summed E-state index contributed by atoms with van der Waals surface area (Å²) in [6.07, 6.45) is 3.68. The van der Waals surface area contributed by atoms with Gasteiger partial charge in [0, 0.05) is 18.8 Å². The number of anilines is 2. The van der Waals surface area contributed by atoms with Gasteiger partial charge >= 0.3 is 0 Å². The fourth-order valence-electron chi connectivity index (χ4n) is 4.10. The van der Waals surface area contributed by atoms with Gasteiger partial charge in [-0.15, -0.1) is 0 Å². The molecule has 0 bridgehead atoms. The Morgan fingerprint density at radius 3 is 2.57 bits per heavy atom. The van der Waals surface area contributed by atoms with Crippen molar-refractivity contribution in [2.24, 2.45) is 5.92 Å². The van der Waals surface area contributed by atoms with Crippen molar-refractivity contribution in [3.8, 4) is 0 Å². The van der Waals surface area contributed by atoms with Crippen LogP contribution in [0.25, 0.3) is 11.0 Å². The topological polar surface area (TPSA) is 58.1 Å². The highest BCUT2D eigenvalue weighted by atomic mass is 16.1. The molecule has 0 aliphatic carbocycles. The number of aryl methyl sites for hydroxylation is 3. The summed E-state index contributed by atoms with van der Waals surface area (Å²) in [5, 5.41) is 3.18. The molecule has 1 saturated heterocycles. The number of carbonyl (C=O) groups is 1. The first-order valence-electron chi connectivity index (χ1n) is 9.87. The van der Waals surface area contributed by atoms with E-state index < -0.39 is 0 Å². The molecule has 5 heteroatoms. The maximum Gasteiger partial charge on any atom is 0.229 e. The number of nitrogens with zero attached hydrogens (tertiary/aromatic N) is 3. The van der Waals surface area contributed by atoms with Gasteiger partial charge in [0.05, 0.1) is 23.1 Å². The number of fused-ring (bicyclic) bond motifs is 1. The minimum atomic E-state index is -0.0536. The first-order chi connectivity index (χ1) is 13.5. The van der Waals surface area contributed by atoms with Gasteiger partial charge in [-0.3, -0.25) is 9.78 Å². The average Bonchev–Trinajstić information content (AvgIpc) is 2.70. The molecule has 2 aromatic carbocycles. The number of rotatable bonds is 3. The third-order valence-corrected chi connectivity index (χ3v) is 5.48. The monoisotopic (exact) mass is 374 g/mol. The first kappa shape index (κ1) is 18.4. The molecule has 1 amide bonds. The number of hydrogen-bond acceptors (Lipinski definition) is 4. The minimum absolute atomic E-state index is 0.0536. The van der Waals surface area contributed by atoms with Crippen LogP contribution in [0.4, 0.5) is 11.5 Å². The van der Waals surface area contributed by atoms with E-state index in [1.165, 1.54) is 5.56 Å². The van der Waals surface area contributed by atoms with Gasteiger partial charge in [0.15, 0.2) is 0 Å². The normalized spacial score (nSPS) is 17.0. The van der Waals surface area contributed by atoms with Gasteiger partial charge in [-0.2, -0.15) is 0 Å². The summed E-state index contributed by atoms with van der Waals surface area (Å²) < 4.78 is 0. The van der Waals surface area contributed by atoms with E-state index >= 15 is 0 Å². The Bertz CT molecular complexity index is 1010. The summed E-state index contributed by atoms with van der Waals surface area (Å²) >= 11 is 0. The van der Waals surface area contributed by atoms with Crippen LogP contribution in [0.2, 0.25) is 0 Å². The van der Waals surface area contributed by atoms with Gasteiger partial charge in [0.25, 0.3) is 0 Å². The summed E-state index contributed by atoms with van der Waals surface area (Å²) in [7, 11) is 0. The fraction of sp³-hybridized carbons (Fsp3) is 0.348. The second-order valence-electron chi connectivity index (χ2n) is 7.77. The average molecular weight is 374 g/mol. The molecule has 1 aromatic heterocycles. The molecule has 28 heavy (non-hydrogen) atoms. The smallest absolute Gasteiger partial charge is 0.229 e. The maximum atomic E-state index is 13.0. The molecule has 1 aliphatic rings. The zero-order valence-electron chi connectivity index (χ0n) is 16.7. The van der Waals surface area contributed by atoms with E-state index in [2.05, 4.69) is 34.3 Å². The number of amides is 1. The molecule has 144 valence electrons. The highest BCUT2D eigenvalue weighted by Crippen LogP contribution is 2.26. The van der Waals surface area contributed by atoms with Gasteiger partial charge in [0.2, 0.25) is 5.91 Å². The number of aromatic nitrogens is 2. The summed E-state index contributed by atoms with van der Waals surface area (Å²) in [5.41, 5.74) is 6.16. The second kappa shape index (κ2) is 7.58. The van der Waals surface area contributed by atoms with E-state index in [-0.39, 0.29) is 11.8 Å². The lowest BCUT2D eigenvalue weighted by Crippen LogP contribution is -2.41. The molecule has 2 heterocycles. The fourth-order valence-corrected chi connectivity index (χ4v) is 4.10. The van der Waals surface area contributed by atoms with E-state index in [1.54, 1.807) is 0 Å². The van der Waals surface area contributed by atoms with Crippen molar-refractivity contribution in [2.45, 2.75) is 33.6 Å². The third kappa shape index (κ3) is 3.70. The molecular formula is C23H26N4O. The van der Waals surface area contributed by atoms with Crippen LogP contribution in [0.1, 0.15) is 29.5 Å². The zero-order chi connectivity index (χ0) is 19.7. The van der Waals surface area contributed by atoms with E-state index in [0.29, 0.717) is 6.54 Å². The van der Waals surface area contributed by atoms with Crippen LogP contribution in [-0.4, -0.2) is 29.0 Å². The number of benzene rings is 2. The molecule has 0 radical (unpaired) electrons. The van der Waals surface area contributed by atoms with Crippen LogP contribution in [0.5, 0.6) is 0 Å². The van der Waals surface area contributed by atoms with Crippen molar-refractivity contribution in [3.05, 3.63) is 59.3 Å². The predicted molar refractivity (Wildman–Crippen MR) is 114 cm³/mol. The summed E-state index contributed by atoms with van der Waals surface area (Å²) in [4.78, 5) is 24.4. The van der Waals surface area contributed by atoms with Crippen molar-refractivity contribution in [3.63, 3.8) is 0 Å². The van der Waals surface area contributed by atoms with Gasteiger partial charge in [-0.25, -0.2) is 4.98 Å². The van der Waals surface area contributed by atoms with Gasteiger partial charge in [-0.1, -0.05) is 29.8 Å². The van der Waals surface area contributed by atoms with Gasteiger partial charge < -0.3 is 10.2 Å².